The molecule has 0 aliphatic carbocycles. The second-order valence-electron chi connectivity index (χ2n) is 12.2. The number of carbonyl (C=O) groups is 3. The van der Waals surface area contributed by atoms with E-state index in [2.05, 4.69) is 5.32 Å². The van der Waals surface area contributed by atoms with E-state index >= 15 is 0 Å². The second-order valence-corrected chi connectivity index (χ2v) is 12.2. The van der Waals surface area contributed by atoms with Crippen LogP contribution in [-0.4, -0.2) is 89.0 Å². The third-order valence-electron chi connectivity index (χ3n) is 8.08. The van der Waals surface area contributed by atoms with Crippen LogP contribution in [0.25, 0.3) is 0 Å². The van der Waals surface area contributed by atoms with E-state index in [1.165, 1.54) is 4.90 Å². The summed E-state index contributed by atoms with van der Waals surface area (Å²) >= 11 is 0. The van der Waals surface area contributed by atoms with E-state index in [-0.39, 0.29) is 30.1 Å². The Bertz CT molecular complexity index is 1310. The lowest BCUT2D eigenvalue weighted by atomic mass is 9.91. The van der Waals surface area contributed by atoms with E-state index < -0.39 is 29.7 Å². The molecule has 0 unspecified atom stereocenters. The zero-order valence-corrected chi connectivity index (χ0v) is 24.8. The summed E-state index contributed by atoms with van der Waals surface area (Å²) in [5.74, 6) is -0.227. The van der Waals surface area contributed by atoms with E-state index in [0.29, 0.717) is 44.1 Å². The third-order valence-corrected chi connectivity index (χ3v) is 8.08. The van der Waals surface area contributed by atoms with Gasteiger partial charge >= 0.3 is 6.09 Å². The average Bonchev–Trinajstić information content (AvgIpc) is 3.21. The average molecular weight is 580 g/mol. The Morgan fingerprint density at radius 1 is 1.07 bits per heavy atom. The minimum Gasteiger partial charge on any atom is -0.493 e. The molecule has 3 aliphatic rings. The van der Waals surface area contributed by atoms with Crippen LogP contribution in [-0.2, 0) is 22.4 Å². The molecule has 10 nitrogen and oxygen atoms in total. The Morgan fingerprint density at radius 2 is 1.76 bits per heavy atom. The van der Waals surface area contributed by atoms with Gasteiger partial charge in [-0.25, -0.2) is 4.79 Å². The summed E-state index contributed by atoms with van der Waals surface area (Å²) in [6.45, 7) is 8.83. The van der Waals surface area contributed by atoms with E-state index in [1.54, 1.807) is 39.0 Å². The van der Waals surface area contributed by atoms with Crippen molar-refractivity contribution in [2.75, 3.05) is 26.4 Å². The molecule has 0 saturated carbocycles. The lowest BCUT2D eigenvalue weighted by Gasteiger charge is -2.40. The van der Waals surface area contributed by atoms with Gasteiger partial charge in [-0.15, -0.1) is 0 Å². The molecule has 2 bridgehead atoms. The monoisotopic (exact) mass is 579 g/mol. The maximum Gasteiger partial charge on any atom is 0.410 e. The molecule has 2 saturated heterocycles. The van der Waals surface area contributed by atoms with Crippen molar-refractivity contribution < 1.29 is 33.7 Å². The Kier molecular flexibility index (Phi) is 8.75. The normalized spacial score (nSPS) is 22.3. The van der Waals surface area contributed by atoms with Crippen molar-refractivity contribution in [3.05, 3.63) is 64.7 Å². The summed E-state index contributed by atoms with van der Waals surface area (Å²) in [6.07, 6.45) is 0.713. The lowest BCUT2D eigenvalue weighted by Crippen LogP contribution is -2.54. The molecule has 10 heteroatoms. The molecule has 5 rings (SSSR count). The lowest BCUT2D eigenvalue weighted by molar-refractivity contribution is -0.0113. The Hall–Kier alpha value is -3.63. The number of hydrogen-bond donors (Lipinski definition) is 2. The third kappa shape index (κ3) is 6.39. The van der Waals surface area contributed by atoms with Crippen LogP contribution in [0, 0.1) is 0 Å². The molecule has 2 fully saturated rings. The number of aliphatic hydroxyl groups is 1. The smallest absolute Gasteiger partial charge is 0.410 e. The molecule has 3 amide bonds. The number of carbonyl (C=O) groups excluding carboxylic acids is 3. The first kappa shape index (κ1) is 29.8. The second kappa shape index (κ2) is 12.3. The first-order chi connectivity index (χ1) is 20.1. The van der Waals surface area contributed by atoms with Crippen molar-refractivity contribution in [3.63, 3.8) is 0 Å². The Morgan fingerprint density at radius 3 is 2.43 bits per heavy atom. The van der Waals surface area contributed by atoms with Gasteiger partial charge in [-0.2, -0.15) is 0 Å². The van der Waals surface area contributed by atoms with Crippen LogP contribution in [0.4, 0.5) is 4.79 Å². The summed E-state index contributed by atoms with van der Waals surface area (Å²) in [6, 6.07) is 12.2. The largest absolute Gasteiger partial charge is 0.493 e. The molecular formula is C32H41N3O7. The first-order valence-electron chi connectivity index (χ1n) is 14.8. The molecule has 0 spiro atoms. The number of ether oxygens (including phenoxy) is 3. The fourth-order valence-corrected chi connectivity index (χ4v) is 6.07. The number of amides is 3. The summed E-state index contributed by atoms with van der Waals surface area (Å²) < 4.78 is 17.0. The number of nitrogens with zero attached hydrogens (tertiary/aromatic N) is 2. The zero-order valence-electron chi connectivity index (χ0n) is 24.8. The van der Waals surface area contributed by atoms with Gasteiger partial charge in [0.1, 0.15) is 11.4 Å². The number of hydrogen-bond acceptors (Lipinski definition) is 7. The number of rotatable bonds is 7. The highest BCUT2D eigenvalue weighted by Crippen LogP contribution is 2.32. The van der Waals surface area contributed by atoms with Crippen LogP contribution in [0.2, 0.25) is 0 Å². The molecular weight excluding hydrogens is 538 g/mol. The fourth-order valence-electron chi connectivity index (χ4n) is 6.07. The molecule has 2 N–H and O–H groups in total. The predicted molar refractivity (Wildman–Crippen MR) is 155 cm³/mol. The zero-order chi connectivity index (χ0) is 30.0. The molecule has 226 valence electrons. The number of nitrogens with one attached hydrogen (secondary N) is 1. The summed E-state index contributed by atoms with van der Waals surface area (Å²) in [5, 5.41) is 14.0. The maximum atomic E-state index is 13.4. The van der Waals surface area contributed by atoms with Crippen molar-refractivity contribution in [1.29, 1.82) is 0 Å². The molecule has 4 atom stereocenters. The molecule has 42 heavy (non-hydrogen) atoms. The summed E-state index contributed by atoms with van der Waals surface area (Å²) in [4.78, 5) is 43.2. The molecule has 2 aromatic carbocycles. The van der Waals surface area contributed by atoms with E-state index in [0.717, 1.165) is 24.0 Å². The van der Waals surface area contributed by atoms with Crippen LogP contribution in [0.1, 0.15) is 72.4 Å². The van der Waals surface area contributed by atoms with Gasteiger partial charge in [0.15, 0.2) is 0 Å². The van der Waals surface area contributed by atoms with Crippen LogP contribution >= 0.6 is 0 Å². The molecule has 3 heterocycles. The highest BCUT2D eigenvalue weighted by Gasteiger charge is 2.41. The molecule has 0 radical (unpaired) electrons. The molecule has 3 aliphatic heterocycles. The van der Waals surface area contributed by atoms with Gasteiger partial charge in [0.25, 0.3) is 11.8 Å². The van der Waals surface area contributed by atoms with Crippen LogP contribution in [0.3, 0.4) is 0 Å². The van der Waals surface area contributed by atoms with Gasteiger partial charge in [-0.05, 0) is 76.3 Å². The van der Waals surface area contributed by atoms with Crippen LogP contribution in [0.5, 0.6) is 5.75 Å². The number of morpholine rings is 1. The minimum atomic E-state index is -1.05. The molecule has 2 aromatic rings. The van der Waals surface area contributed by atoms with Gasteiger partial charge in [0, 0.05) is 18.7 Å². The van der Waals surface area contributed by atoms with Gasteiger partial charge in [-0.3, -0.25) is 14.5 Å². The highest BCUT2D eigenvalue weighted by molar-refractivity contribution is 6.00. The van der Waals surface area contributed by atoms with Crippen molar-refractivity contribution in [1.82, 2.24) is 15.1 Å². The Labute approximate surface area is 246 Å². The van der Waals surface area contributed by atoms with Gasteiger partial charge in [0.05, 0.1) is 49.6 Å². The maximum absolute atomic E-state index is 13.4. The van der Waals surface area contributed by atoms with Crippen molar-refractivity contribution in [2.45, 2.75) is 83.3 Å². The molecule has 0 aromatic heterocycles. The van der Waals surface area contributed by atoms with E-state index in [9.17, 15) is 19.5 Å². The first-order valence-corrected chi connectivity index (χ1v) is 14.8. The van der Waals surface area contributed by atoms with Crippen molar-refractivity contribution in [2.24, 2.45) is 0 Å². The minimum absolute atomic E-state index is 0.0725. The number of fused-ring (bicyclic) bond motifs is 3. The highest BCUT2D eigenvalue weighted by atomic mass is 16.6. The van der Waals surface area contributed by atoms with Crippen LogP contribution in [0.15, 0.2) is 42.5 Å². The van der Waals surface area contributed by atoms with Gasteiger partial charge in [0.2, 0.25) is 0 Å². The number of benzene rings is 2. The summed E-state index contributed by atoms with van der Waals surface area (Å²) in [7, 11) is 0. The van der Waals surface area contributed by atoms with Gasteiger partial charge < -0.3 is 29.5 Å². The SMILES string of the molecule is CCOc1cc(C(=O)N2[C@@H]3CC[C@@H]2COC3)ccc1C(=O)NC[C@H](O)[C@H]1Cc2ccccc2CN1C(=O)OC(C)(C)C. The summed E-state index contributed by atoms with van der Waals surface area (Å²) in [5.41, 5.74) is 2.07. The standard InChI is InChI=1S/C32H41N3O7/c1-5-41-28-15-21(30(38)35-23-11-12-24(35)19-40-18-23)10-13-25(28)29(37)33-16-27(36)26-14-20-8-6-7-9-22(20)17-34(26)31(39)42-32(2,3)4/h6-10,13,15,23-24,26-27,36H,5,11-12,14,16-19H2,1-4H3,(H,33,37)/t23-,24-,26-,27+/m1/s1. The van der Waals surface area contributed by atoms with Gasteiger partial charge in [-0.1, -0.05) is 24.3 Å². The quantitative estimate of drug-likeness (QED) is 0.515. The Balaban J connectivity index is 1.29. The van der Waals surface area contributed by atoms with E-state index in [4.69, 9.17) is 14.2 Å². The predicted octanol–water partition coefficient (Wildman–Crippen LogP) is 3.54. The van der Waals surface area contributed by atoms with Crippen molar-refractivity contribution >= 4 is 17.9 Å². The number of aliphatic hydroxyl groups excluding tert-OH is 1. The van der Waals surface area contributed by atoms with Crippen LogP contribution < -0.4 is 10.1 Å². The van der Waals surface area contributed by atoms with Crippen molar-refractivity contribution in [3.8, 4) is 5.75 Å². The topological polar surface area (TPSA) is 118 Å². The van der Waals surface area contributed by atoms with E-state index in [1.807, 2.05) is 36.1 Å². The fraction of sp³-hybridized carbons (Fsp3) is 0.531.